The summed E-state index contributed by atoms with van der Waals surface area (Å²) >= 11 is 11.8. The Kier molecular flexibility index (Phi) is 4.73. The van der Waals surface area contributed by atoms with Gasteiger partial charge in [-0.3, -0.25) is 0 Å². The number of halogens is 2. The SMILES string of the molecule is Cc1ccc(CNC(C)CCl)c(Cl)c1. The topological polar surface area (TPSA) is 12.0 Å². The Balaban J connectivity index is 2.59. The summed E-state index contributed by atoms with van der Waals surface area (Å²) in [6.45, 7) is 4.85. The molecule has 1 N–H and O–H groups in total. The molecular formula is C11H15Cl2N. The van der Waals surface area contributed by atoms with Gasteiger partial charge in [-0.1, -0.05) is 23.7 Å². The smallest absolute Gasteiger partial charge is 0.0453 e. The predicted octanol–water partition coefficient (Wildman–Crippen LogP) is 3.37. The lowest BCUT2D eigenvalue weighted by molar-refractivity contribution is 0.593. The molecule has 0 heterocycles. The molecule has 0 saturated carbocycles. The fourth-order valence-corrected chi connectivity index (χ4v) is 1.55. The molecule has 1 rings (SSSR count). The van der Waals surface area contributed by atoms with Gasteiger partial charge in [-0.2, -0.15) is 0 Å². The molecular weight excluding hydrogens is 217 g/mol. The van der Waals surface area contributed by atoms with E-state index in [1.165, 1.54) is 5.56 Å². The summed E-state index contributed by atoms with van der Waals surface area (Å²) in [5.41, 5.74) is 2.30. The lowest BCUT2D eigenvalue weighted by atomic mass is 10.1. The summed E-state index contributed by atoms with van der Waals surface area (Å²) in [6.07, 6.45) is 0. The average Bonchev–Trinajstić information content (AvgIpc) is 2.16. The minimum Gasteiger partial charge on any atom is -0.309 e. The largest absolute Gasteiger partial charge is 0.309 e. The normalized spacial score (nSPS) is 12.9. The van der Waals surface area contributed by atoms with Crippen LogP contribution in [0.25, 0.3) is 0 Å². The van der Waals surface area contributed by atoms with E-state index < -0.39 is 0 Å². The van der Waals surface area contributed by atoms with Crippen molar-refractivity contribution in [1.29, 1.82) is 0 Å². The van der Waals surface area contributed by atoms with Crippen LogP contribution in [0.2, 0.25) is 5.02 Å². The molecule has 14 heavy (non-hydrogen) atoms. The summed E-state index contributed by atoms with van der Waals surface area (Å²) in [7, 11) is 0. The van der Waals surface area contributed by atoms with Gasteiger partial charge in [0.1, 0.15) is 0 Å². The Hall–Kier alpha value is -0.240. The first-order chi connectivity index (χ1) is 6.63. The Morgan fingerprint density at radius 2 is 2.14 bits per heavy atom. The van der Waals surface area contributed by atoms with Gasteiger partial charge in [0.05, 0.1) is 0 Å². The number of hydrogen-bond acceptors (Lipinski definition) is 1. The molecule has 1 atom stereocenters. The van der Waals surface area contributed by atoms with Crippen LogP contribution in [-0.4, -0.2) is 11.9 Å². The van der Waals surface area contributed by atoms with Crippen molar-refractivity contribution in [2.45, 2.75) is 26.4 Å². The third-order valence-corrected chi connectivity index (χ3v) is 2.90. The maximum Gasteiger partial charge on any atom is 0.0453 e. The first-order valence-corrected chi connectivity index (χ1v) is 5.59. The highest BCUT2D eigenvalue weighted by molar-refractivity contribution is 6.31. The number of rotatable bonds is 4. The van der Waals surface area contributed by atoms with Crippen LogP contribution in [0.1, 0.15) is 18.1 Å². The molecule has 1 aromatic rings. The molecule has 0 saturated heterocycles. The Bertz CT molecular complexity index is 299. The van der Waals surface area contributed by atoms with E-state index in [2.05, 4.69) is 18.3 Å². The molecule has 1 aromatic carbocycles. The fraction of sp³-hybridized carbons (Fsp3) is 0.455. The standard InChI is InChI=1S/C11H15Cl2N/c1-8-3-4-10(11(13)5-8)7-14-9(2)6-12/h3-5,9,14H,6-7H2,1-2H3. The Morgan fingerprint density at radius 1 is 1.43 bits per heavy atom. The first kappa shape index (κ1) is 11.8. The monoisotopic (exact) mass is 231 g/mol. The quantitative estimate of drug-likeness (QED) is 0.785. The second kappa shape index (κ2) is 5.59. The van der Waals surface area contributed by atoms with Gasteiger partial charge in [0.15, 0.2) is 0 Å². The van der Waals surface area contributed by atoms with Crippen LogP contribution in [0.4, 0.5) is 0 Å². The summed E-state index contributed by atoms with van der Waals surface area (Å²) in [5, 5.41) is 4.11. The maximum atomic E-state index is 6.08. The van der Waals surface area contributed by atoms with Crippen LogP contribution in [0, 0.1) is 6.92 Å². The highest BCUT2D eigenvalue weighted by Gasteiger charge is 2.02. The molecule has 0 aliphatic carbocycles. The molecule has 0 amide bonds. The van der Waals surface area contributed by atoms with E-state index in [1.54, 1.807) is 0 Å². The molecule has 1 nitrogen and oxygen atoms in total. The van der Waals surface area contributed by atoms with Crippen molar-refractivity contribution in [2.75, 3.05) is 5.88 Å². The van der Waals surface area contributed by atoms with E-state index in [4.69, 9.17) is 23.2 Å². The van der Waals surface area contributed by atoms with E-state index in [0.717, 1.165) is 17.1 Å². The molecule has 0 aromatic heterocycles. The number of aryl methyl sites for hydroxylation is 1. The average molecular weight is 232 g/mol. The molecule has 0 aliphatic heterocycles. The maximum absolute atomic E-state index is 6.08. The Labute approximate surface area is 95.4 Å². The molecule has 78 valence electrons. The number of hydrogen-bond donors (Lipinski definition) is 1. The van der Waals surface area contributed by atoms with Gasteiger partial charge in [-0.15, -0.1) is 11.6 Å². The van der Waals surface area contributed by atoms with E-state index >= 15 is 0 Å². The summed E-state index contributed by atoms with van der Waals surface area (Å²) < 4.78 is 0. The number of benzene rings is 1. The first-order valence-electron chi connectivity index (χ1n) is 4.68. The fourth-order valence-electron chi connectivity index (χ4n) is 1.13. The zero-order chi connectivity index (χ0) is 10.6. The van der Waals surface area contributed by atoms with E-state index in [9.17, 15) is 0 Å². The van der Waals surface area contributed by atoms with Crippen molar-refractivity contribution in [1.82, 2.24) is 5.32 Å². The van der Waals surface area contributed by atoms with Gasteiger partial charge in [-0.25, -0.2) is 0 Å². The van der Waals surface area contributed by atoms with Gasteiger partial charge in [0.2, 0.25) is 0 Å². The third kappa shape index (κ3) is 3.49. The second-order valence-corrected chi connectivity index (χ2v) is 4.25. The van der Waals surface area contributed by atoms with E-state index in [0.29, 0.717) is 11.9 Å². The second-order valence-electron chi connectivity index (χ2n) is 3.53. The lowest BCUT2D eigenvalue weighted by Crippen LogP contribution is -2.26. The highest BCUT2D eigenvalue weighted by atomic mass is 35.5. The van der Waals surface area contributed by atoms with Gasteiger partial charge in [-0.05, 0) is 31.0 Å². The number of nitrogens with one attached hydrogen (secondary N) is 1. The van der Waals surface area contributed by atoms with Crippen LogP contribution >= 0.6 is 23.2 Å². The minimum absolute atomic E-state index is 0.314. The molecule has 0 fully saturated rings. The lowest BCUT2D eigenvalue weighted by Gasteiger charge is -2.11. The van der Waals surface area contributed by atoms with Crippen LogP contribution in [0.3, 0.4) is 0 Å². The highest BCUT2D eigenvalue weighted by Crippen LogP contribution is 2.17. The van der Waals surface area contributed by atoms with Crippen LogP contribution in [0.5, 0.6) is 0 Å². The summed E-state index contributed by atoms with van der Waals surface area (Å²) in [4.78, 5) is 0. The van der Waals surface area contributed by atoms with Crippen molar-refractivity contribution in [3.63, 3.8) is 0 Å². The van der Waals surface area contributed by atoms with Crippen LogP contribution < -0.4 is 5.32 Å². The third-order valence-electron chi connectivity index (χ3n) is 2.08. The summed E-state index contributed by atoms with van der Waals surface area (Å²) in [5.74, 6) is 0.615. The van der Waals surface area contributed by atoms with Crippen molar-refractivity contribution in [3.8, 4) is 0 Å². The van der Waals surface area contributed by atoms with E-state index in [1.807, 2.05) is 19.1 Å². The molecule has 0 spiro atoms. The van der Waals surface area contributed by atoms with Crippen molar-refractivity contribution < 1.29 is 0 Å². The minimum atomic E-state index is 0.314. The molecule has 0 aliphatic rings. The Morgan fingerprint density at radius 3 is 2.71 bits per heavy atom. The van der Waals surface area contributed by atoms with Crippen LogP contribution in [-0.2, 0) is 6.54 Å². The molecule has 0 bridgehead atoms. The molecule has 3 heteroatoms. The number of alkyl halides is 1. The molecule has 1 unspecified atom stereocenters. The molecule has 0 radical (unpaired) electrons. The van der Waals surface area contributed by atoms with Crippen LogP contribution in [0.15, 0.2) is 18.2 Å². The predicted molar refractivity (Wildman–Crippen MR) is 63.2 cm³/mol. The van der Waals surface area contributed by atoms with Crippen molar-refractivity contribution in [3.05, 3.63) is 34.3 Å². The van der Waals surface area contributed by atoms with E-state index in [-0.39, 0.29) is 0 Å². The van der Waals surface area contributed by atoms with Gasteiger partial charge < -0.3 is 5.32 Å². The zero-order valence-corrected chi connectivity index (χ0v) is 9.99. The van der Waals surface area contributed by atoms with Crippen molar-refractivity contribution >= 4 is 23.2 Å². The van der Waals surface area contributed by atoms with Gasteiger partial charge >= 0.3 is 0 Å². The van der Waals surface area contributed by atoms with Gasteiger partial charge in [0.25, 0.3) is 0 Å². The summed E-state index contributed by atoms with van der Waals surface area (Å²) in [6, 6.07) is 6.40. The van der Waals surface area contributed by atoms with Gasteiger partial charge in [0, 0.05) is 23.5 Å². The van der Waals surface area contributed by atoms with Crippen molar-refractivity contribution in [2.24, 2.45) is 0 Å². The zero-order valence-electron chi connectivity index (χ0n) is 8.48.